The molecule has 0 aliphatic carbocycles. The minimum absolute atomic E-state index is 0.276. The van der Waals surface area contributed by atoms with Gasteiger partial charge in [0.15, 0.2) is 16.0 Å². The number of halogens is 2. The average molecular weight is 395 g/mol. The monoisotopic (exact) mass is 394 g/mol. The highest BCUT2D eigenvalue weighted by Gasteiger charge is 2.38. The number of rotatable bonds is 4. The van der Waals surface area contributed by atoms with Crippen LogP contribution in [0.25, 0.3) is 11.0 Å². The lowest BCUT2D eigenvalue weighted by Crippen LogP contribution is -2.59. The molecular formula is C15H16Cl2N8O. The van der Waals surface area contributed by atoms with Gasteiger partial charge < -0.3 is 10.1 Å². The normalized spacial score (nSPS) is 18.9. The van der Waals surface area contributed by atoms with Gasteiger partial charge in [0.2, 0.25) is 5.95 Å². The molecule has 0 saturated carbocycles. The number of aromatic nitrogens is 6. The molecule has 2 fully saturated rings. The van der Waals surface area contributed by atoms with Crippen LogP contribution in [0.2, 0.25) is 10.3 Å². The maximum absolute atomic E-state index is 6.51. The molecule has 9 nitrogen and oxygen atoms in total. The molecule has 0 unspecified atom stereocenters. The van der Waals surface area contributed by atoms with Crippen LogP contribution in [0, 0.1) is 0 Å². The Balaban J connectivity index is 1.33. The molecule has 5 heterocycles. The maximum atomic E-state index is 6.51. The van der Waals surface area contributed by atoms with Gasteiger partial charge in [0, 0.05) is 26.3 Å². The fraction of sp³-hybridized carbons (Fsp3) is 0.467. The number of hydrogen-bond acceptors (Lipinski definition) is 7. The Bertz CT molecular complexity index is 976. The molecule has 0 aromatic carbocycles. The standard InChI is InChI=1S/C15H16Cl2N8O/c1-23-14-10(12(16)22-23)2-18-15(21-14)20-11-3-19-25(13(11)17)8-4-24(5-8)9-6-26-7-9/h2-3,8-9H,4-7H2,1H3,(H,18,20,21). The molecule has 5 rings (SSSR count). The number of hydrogen-bond donors (Lipinski definition) is 1. The Morgan fingerprint density at radius 3 is 2.73 bits per heavy atom. The maximum Gasteiger partial charge on any atom is 0.229 e. The smallest absolute Gasteiger partial charge is 0.229 e. The van der Waals surface area contributed by atoms with E-state index in [9.17, 15) is 0 Å². The summed E-state index contributed by atoms with van der Waals surface area (Å²) in [4.78, 5) is 11.1. The van der Waals surface area contributed by atoms with Gasteiger partial charge in [-0.05, 0) is 0 Å². The van der Waals surface area contributed by atoms with Gasteiger partial charge in [-0.25, -0.2) is 14.3 Å². The van der Waals surface area contributed by atoms with Crippen LogP contribution in [0.4, 0.5) is 11.6 Å². The molecule has 2 aliphatic heterocycles. The number of aryl methyl sites for hydroxylation is 1. The van der Waals surface area contributed by atoms with Crippen LogP contribution in [0.15, 0.2) is 12.4 Å². The molecule has 0 spiro atoms. The van der Waals surface area contributed by atoms with E-state index in [0.717, 1.165) is 26.3 Å². The van der Waals surface area contributed by atoms with Crippen LogP contribution in [0.5, 0.6) is 0 Å². The van der Waals surface area contributed by atoms with Crippen molar-refractivity contribution in [2.45, 2.75) is 12.1 Å². The van der Waals surface area contributed by atoms with Crippen molar-refractivity contribution in [1.82, 2.24) is 34.4 Å². The topological polar surface area (TPSA) is 85.9 Å². The van der Waals surface area contributed by atoms with E-state index in [0.29, 0.717) is 39.0 Å². The van der Waals surface area contributed by atoms with Gasteiger partial charge in [-0.2, -0.15) is 15.2 Å². The Kier molecular flexibility index (Phi) is 3.78. The molecule has 0 atom stereocenters. The molecule has 3 aromatic rings. The van der Waals surface area contributed by atoms with E-state index in [1.54, 1.807) is 24.1 Å². The number of ether oxygens (including phenoxy) is 1. The zero-order valence-electron chi connectivity index (χ0n) is 13.9. The summed E-state index contributed by atoms with van der Waals surface area (Å²) >= 11 is 12.6. The van der Waals surface area contributed by atoms with Crippen LogP contribution in [-0.4, -0.2) is 66.8 Å². The first kappa shape index (κ1) is 16.2. The van der Waals surface area contributed by atoms with Crippen LogP contribution in [0.3, 0.4) is 0 Å². The lowest BCUT2D eigenvalue weighted by molar-refractivity contribution is -0.0996. The Morgan fingerprint density at radius 2 is 2.00 bits per heavy atom. The van der Waals surface area contributed by atoms with Crippen molar-refractivity contribution in [3.63, 3.8) is 0 Å². The van der Waals surface area contributed by atoms with Crippen molar-refractivity contribution in [2.24, 2.45) is 7.05 Å². The first-order valence-corrected chi connectivity index (χ1v) is 9.03. The van der Waals surface area contributed by atoms with E-state index in [1.807, 2.05) is 4.68 Å². The predicted molar refractivity (Wildman–Crippen MR) is 97.1 cm³/mol. The van der Waals surface area contributed by atoms with Crippen molar-refractivity contribution >= 4 is 45.9 Å². The third-order valence-electron chi connectivity index (χ3n) is 4.89. The molecule has 26 heavy (non-hydrogen) atoms. The molecular weight excluding hydrogens is 379 g/mol. The largest absolute Gasteiger partial charge is 0.378 e. The summed E-state index contributed by atoms with van der Waals surface area (Å²) < 4.78 is 8.70. The molecule has 2 saturated heterocycles. The molecule has 2 aliphatic rings. The Morgan fingerprint density at radius 1 is 1.19 bits per heavy atom. The van der Waals surface area contributed by atoms with Gasteiger partial charge in [0.25, 0.3) is 0 Å². The third kappa shape index (κ3) is 2.54. The number of fused-ring (bicyclic) bond motifs is 1. The fourth-order valence-corrected chi connectivity index (χ4v) is 3.76. The van der Waals surface area contributed by atoms with Gasteiger partial charge in [0.05, 0.1) is 42.6 Å². The highest BCUT2D eigenvalue weighted by atomic mass is 35.5. The molecule has 136 valence electrons. The summed E-state index contributed by atoms with van der Waals surface area (Å²) in [5.41, 5.74) is 1.32. The van der Waals surface area contributed by atoms with Crippen molar-refractivity contribution in [2.75, 3.05) is 31.6 Å². The lowest BCUT2D eigenvalue weighted by atomic mass is 10.0. The van der Waals surface area contributed by atoms with Crippen LogP contribution in [-0.2, 0) is 11.8 Å². The fourth-order valence-electron chi connectivity index (χ4n) is 3.24. The second kappa shape index (κ2) is 6.05. The molecule has 0 bridgehead atoms. The van der Waals surface area contributed by atoms with E-state index in [2.05, 4.69) is 30.4 Å². The quantitative estimate of drug-likeness (QED) is 0.722. The summed E-state index contributed by atoms with van der Waals surface area (Å²) in [5, 5.41) is 13.3. The SMILES string of the molecule is Cn1nc(Cl)c2cnc(Nc3cnn(C4CN(C5COC5)C4)c3Cl)nc21. The summed E-state index contributed by atoms with van der Waals surface area (Å²) in [6.07, 6.45) is 3.34. The number of likely N-dealkylation sites (tertiary alicyclic amines) is 1. The zero-order chi connectivity index (χ0) is 17.8. The minimum Gasteiger partial charge on any atom is -0.378 e. The van der Waals surface area contributed by atoms with E-state index in [-0.39, 0.29) is 6.04 Å². The van der Waals surface area contributed by atoms with Crippen LogP contribution in [0.1, 0.15) is 6.04 Å². The summed E-state index contributed by atoms with van der Waals surface area (Å²) in [6, 6.07) is 0.821. The Labute approximate surface area is 158 Å². The molecule has 11 heteroatoms. The first-order valence-electron chi connectivity index (χ1n) is 8.27. The second-order valence-corrected chi connectivity index (χ2v) is 7.28. The van der Waals surface area contributed by atoms with Crippen LogP contribution >= 0.6 is 23.2 Å². The van der Waals surface area contributed by atoms with Gasteiger partial charge in [-0.15, -0.1) is 0 Å². The first-order chi connectivity index (χ1) is 12.6. The molecule has 0 amide bonds. The summed E-state index contributed by atoms with van der Waals surface area (Å²) in [6.45, 7) is 3.52. The number of anilines is 2. The molecule has 1 N–H and O–H groups in total. The average Bonchev–Trinajstić information content (AvgIpc) is 3.02. The minimum atomic E-state index is 0.276. The molecule has 3 aromatic heterocycles. The summed E-state index contributed by atoms with van der Waals surface area (Å²) in [7, 11) is 1.78. The van der Waals surface area contributed by atoms with E-state index in [1.165, 1.54) is 0 Å². The van der Waals surface area contributed by atoms with Crippen molar-refractivity contribution < 1.29 is 4.74 Å². The van der Waals surface area contributed by atoms with E-state index < -0.39 is 0 Å². The number of nitrogens with one attached hydrogen (secondary N) is 1. The second-order valence-electron chi connectivity index (χ2n) is 6.56. The van der Waals surface area contributed by atoms with Crippen molar-refractivity contribution in [1.29, 1.82) is 0 Å². The molecule has 0 radical (unpaired) electrons. The van der Waals surface area contributed by atoms with Gasteiger partial charge in [0.1, 0.15) is 0 Å². The Hall–Kier alpha value is -1.94. The number of nitrogens with zero attached hydrogens (tertiary/aromatic N) is 7. The highest BCUT2D eigenvalue weighted by Crippen LogP contribution is 2.32. The predicted octanol–water partition coefficient (Wildman–Crippen LogP) is 1.87. The van der Waals surface area contributed by atoms with Gasteiger partial charge in [-0.1, -0.05) is 23.2 Å². The van der Waals surface area contributed by atoms with Gasteiger partial charge >= 0.3 is 0 Å². The van der Waals surface area contributed by atoms with Crippen LogP contribution < -0.4 is 5.32 Å². The van der Waals surface area contributed by atoms with E-state index in [4.69, 9.17) is 27.9 Å². The highest BCUT2D eigenvalue weighted by molar-refractivity contribution is 6.34. The van der Waals surface area contributed by atoms with E-state index >= 15 is 0 Å². The van der Waals surface area contributed by atoms with Crippen molar-refractivity contribution in [3.05, 3.63) is 22.7 Å². The third-order valence-corrected chi connectivity index (χ3v) is 5.55. The van der Waals surface area contributed by atoms with Gasteiger partial charge in [-0.3, -0.25) is 4.90 Å². The zero-order valence-corrected chi connectivity index (χ0v) is 15.4. The lowest BCUT2D eigenvalue weighted by Gasteiger charge is -2.47. The summed E-state index contributed by atoms with van der Waals surface area (Å²) in [5.74, 6) is 0.417. The van der Waals surface area contributed by atoms with Crippen molar-refractivity contribution in [3.8, 4) is 0 Å².